The zero-order chi connectivity index (χ0) is 10.6. The molecule has 0 aliphatic carbocycles. The predicted molar refractivity (Wildman–Crippen MR) is 53.3 cm³/mol. The van der Waals surface area contributed by atoms with Crippen molar-refractivity contribution in [3.8, 4) is 5.75 Å². The molecular weight excluding hydrogens is 208 g/mol. The minimum Gasteiger partial charge on any atom is -0.490 e. The third-order valence-corrected chi connectivity index (χ3v) is 1.73. The van der Waals surface area contributed by atoms with Gasteiger partial charge in [0.15, 0.2) is 11.6 Å². The van der Waals surface area contributed by atoms with E-state index in [-0.39, 0.29) is 17.3 Å². The van der Waals surface area contributed by atoms with Crippen molar-refractivity contribution in [3.05, 3.63) is 29.8 Å². The topological polar surface area (TPSA) is 35.2 Å². The Morgan fingerprint density at radius 3 is 2.79 bits per heavy atom. The van der Waals surface area contributed by atoms with Gasteiger partial charge in [-0.1, -0.05) is 18.3 Å². The maximum atomic E-state index is 13.0. The first kappa shape index (κ1) is 10.8. The Kier molecular flexibility index (Phi) is 3.76. The normalized spacial score (nSPS) is 9.86. The van der Waals surface area contributed by atoms with Crippen LogP contribution >= 0.6 is 12.2 Å². The summed E-state index contributed by atoms with van der Waals surface area (Å²) in [5, 5.41) is 0. The second-order valence-electron chi connectivity index (χ2n) is 2.62. The van der Waals surface area contributed by atoms with E-state index in [2.05, 4.69) is 12.2 Å². The molecule has 2 N–H and O–H groups in total. The number of thiocarbonyl (C=S) groups is 1. The molecule has 0 aliphatic heterocycles. The minimum absolute atomic E-state index is 0.124. The Morgan fingerprint density at radius 1 is 1.43 bits per heavy atom. The number of hydrogen-bond donors (Lipinski definition) is 1. The summed E-state index contributed by atoms with van der Waals surface area (Å²) in [6.45, 7) is 0.149. The van der Waals surface area contributed by atoms with E-state index in [4.69, 9.17) is 10.5 Å². The number of ether oxygens (including phenoxy) is 1. The van der Waals surface area contributed by atoms with Crippen LogP contribution in [0.3, 0.4) is 0 Å². The number of halogens is 2. The number of nitrogens with two attached hydrogens (primary N) is 1. The molecule has 0 spiro atoms. The van der Waals surface area contributed by atoms with Crippen molar-refractivity contribution >= 4 is 17.2 Å². The Morgan fingerprint density at radius 2 is 2.14 bits per heavy atom. The highest BCUT2D eigenvalue weighted by molar-refractivity contribution is 7.80. The molecule has 0 aromatic heterocycles. The van der Waals surface area contributed by atoms with Crippen LogP contribution in [-0.2, 0) is 0 Å². The zero-order valence-electron chi connectivity index (χ0n) is 7.30. The summed E-state index contributed by atoms with van der Waals surface area (Å²) in [5.74, 6) is -2.05. The largest absolute Gasteiger partial charge is 0.490 e. The lowest BCUT2D eigenvalue weighted by molar-refractivity contribution is 0.305. The number of benzene rings is 1. The summed E-state index contributed by atoms with van der Waals surface area (Å²) in [4.78, 5) is 0.279. The third-order valence-electron chi connectivity index (χ3n) is 1.52. The molecule has 0 atom stereocenters. The Balaban J connectivity index is 2.59. The summed E-state index contributed by atoms with van der Waals surface area (Å²) in [7, 11) is 0. The van der Waals surface area contributed by atoms with Crippen molar-refractivity contribution in [1.29, 1.82) is 0 Å². The van der Waals surface area contributed by atoms with E-state index in [0.29, 0.717) is 6.42 Å². The molecular formula is C9H9F2NOS. The maximum absolute atomic E-state index is 13.0. The molecule has 0 saturated carbocycles. The summed E-state index contributed by atoms with van der Waals surface area (Å²) >= 11 is 4.60. The minimum atomic E-state index is -0.990. The van der Waals surface area contributed by atoms with E-state index in [0.717, 1.165) is 6.07 Å². The molecule has 0 saturated heterocycles. The Bertz CT molecular complexity index is 344. The molecule has 0 heterocycles. The molecule has 2 nitrogen and oxygen atoms in total. The SMILES string of the molecule is NC(=S)CCOc1cccc(F)c1F. The van der Waals surface area contributed by atoms with Crippen LogP contribution in [0.25, 0.3) is 0 Å². The van der Waals surface area contributed by atoms with Crippen molar-refractivity contribution in [2.75, 3.05) is 6.61 Å². The van der Waals surface area contributed by atoms with Gasteiger partial charge in [0.1, 0.15) is 0 Å². The average molecular weight is 217 g/mol. The van der Waals surface area contributed by atoms with Gasteiger partial charge < -0.3 is 10.5 Å². The zero-order valence-corrected chi connectivity index (χ0v) is 8.11. The van der Waals surface area contributed by atoms with Gasteiger partial charge in [-0.05, 0) is 12.1 Å². The van der Waals surface area contributed by atoms with Crippen molar-refractivity contribution < 1.29 is 13.5 Å². The van der Waals surface area contributed by atoms with Gasteiger partial charge in [-0.3, -0.25) is 0 Å². The molecule has 0 aliphatic rings. The second-order valence-corrected chi connectivity index (χ2v) is 3.14. The summed E-state index contributed by atoms with van der Waals surface area (Å²) < 4.78 is 30.6. The van der Waals surface area contributed by atoms with Gasteiger partial charge in [-0.15, -0.1) is 0 Å². The predicted octanol–water partition coefficient (Wildman–Crippen LogP) is 2.02. The third kappa shape index (κ3) is 2.92. The van der Waals surface area contributed by atoms with Crippen molar-refractivity contribution in [3.63, 3.8) is 0 Å². The van der Waals surface area contributed by atoms with E-state index in [1.54, 1.807) is 0 Å². The monoisotopic (exact) mass is 217 g/mol. The van der Waals surface area contributed by atoms with Crippen molar-refractivity contribution in [2.24, 2.45) is 5.73 Å². The Labute approximate surface area is 85.7 Å². The molecule has 5 heteroatoms. The fourth-order valence-corrected chi connectivity index (χ4v) is 0.940. The van der Waals surface area contributed by atoms with Gasteiger partial charge in [0.2, 0.25) is 5.82 Å². The van der Waals surface area contributed by atoms with E-state index in [1.165, 1.54) is 12.1 Å². The van der Waals surface area contributed by atoms with Crippen LogP contribution in [0.15, 0.2) is 18.2 Å². The number of hydrogen-bond acceptors (Lipinski definition) is 2. The molecule has 14 heavy (non-hydrogen) atoms. The van der Waals surface area contributed by atoms with Gasteiger partial charge in [-0.2, -0.15) is 4.39 Å². The van der Waals surface area contributed by atoms with Crippen LogP contribution in [-0.4, -0.2) is 11.6 Å². The van der Waals surface area contributed by atoms with Crippen LogP contribution in [0, 0.1) is 11.6 Å². The first-order valence-corrected chi connectivity index (χ1v) is 4.37. The summed E-state index contributed by atoms with van der Waals surface area (Å²) in [6, 6.07) is 3.74. The quantitative estimate of drug-likeness (QED) is 0.784. The van der Waals surface area contributed by atoms with Crippen LogP contribution in [0.1, 0.15) is 6.42 Å². The van der Waals surface area contributed by atoms with Gasteiger partial charge in [0.25, 0.3) is 0 Å². The van der Waals surface area contributed by atoms with E-state index in [9.17, 15) is 8.78 Å². The van der Waals surface area contributed by atoms with Gasteiger partial charge in [0.05, 0.1) is 11.6 Å². The van der Waals surface area contributed by atoms with Gasteiger partial charge >= 0.3 is 0 Å². The molecule has 0 unspecified atom stereocenters. The number of rotatable bonds is 4. The molecule has 0 amide bonds. The smallest absolute Gasteiger partial charge is 0.200 e. The second kappa shape index (κ2) is 4.85. The molecule has 0 radical (unpaired) electrons. The average Bonchev–Trinajstić information content (AvgIpc) is 2.12. The van der Waals surface area contributed by atoms with Gasteiger partial charge in [-0.25, -0.2) is 4.39 Å². The van der Waals surface area contributed by atoms with E-state index >= 15 is 0 Å². The van der Waals surface area contributed by atoms with E-state index < -0.39 is 11.6 Å². The standard InChI is InChI=1S/C9H9F2NOS/c10-6-2-1-3-7(9(6)11)13-5-4-8(12)14/h1-3H,4-5H2,(H2,12,14). The molecule has 0 bridgehead atoms. The highest BCUT2D eigenvalue weighted by Crippen LogP contribution is 2.18. The fourth-order valence-electron chi connectivity index (χ4n) is 0.857. The van der Waals surface area contributed by atoms with Crippen LogP contribution in [0.4, 0.5) is 8.78 Å². The molecule has 76 valence electrons. The van der Waals surface area contributed by atoms with Crippen LogP contribution in [0.2, 0.25) is 0 Å². The molecule has 1 aromatic carbocycles. The highest BCUT2D eigenvalue weighted by Gasteiger charge is 2.07. The van der Waals surface area contributed by atoms with E-state index in [1.807, 2.05) is 0 Å². The van der Waals surface area contributed by atoms with Crippen LogP contribution < -0.4 is 10.5 Å². The summed E-state index contributed by atoms with van der Waals surface area (Å²) in [5.41, 5.74) is 5.21. The molecule has 0 fully saturated rings. The first-order chi connectivity index (χ1) is 6.61. The highest BCUT2D eigenvalue weighted by atomic mass is 32.1. The Hall–Kier alpha value is -1.23. The van der Waals surface area contributed by atoms with Crippen molar-refractivity contribution in [2.45, 2.75) is 6.42 Å². The summed E-state index contributed by atoms with van der Waals surface area (Å²) in [6.07, 6.45) is 0.339. The maximum Gasteiger partial charge on any atom is 0.200 e. The molecule has 1 aromatic rings. The molecule has 1 rings (SSSR count). The van der Waals surface area contributed by atoms with Crippen LogP contribution in [0.5, 0.6) is 5.75 Å². The lowest BCUT2D eigenvalue weighted by atomic mass is 10.3. The van der Waals surface area contributed by atoms with Crippen molar-refractivity contribution in [1.82, 2.24) is 0 Å². The van der Waals surface area contributed by atoms with Gasteiger partial charge in [0, 0.05) is 6.42 Å². The fraction of sp³-hybridized carbons (Fsp3) is 0.222. The lowest BCUT2D eigenvalue weighted by Crippen LogP contribution is -2.12. The lowest BCUT2D eigenvalue weighted by Gasteiger charge is -2.06. The first-order valence-electron chi connectivity index (χ1n) is 3.96.